The molecule has 8 heteroatoms. The van der Waals surface area contributed by atoms with Crippen LogP contribution in [-0.2, 0) is 17.9 Å². The number of amides is 1. The van der Waals surface area contributed by atoms with Crippen LogP contribution in [0.4, 0.5) is 0 Å². The number of carbonyl (C=O) groups is 1. The third-order valence-electron chi connectivity index (χ3n) is 4.03. The average molecular weight is 333 g/mol. The van der Waals surface area contributed by atoms with Crippen LogP contribution in [0.3, 0.4) is 0 Å². The summed E-state index contributed by atoms with van der Waals surface area (Å²) in [5, 5.41) is 10.1. The molecule has 1 aliphatic heterocycles. The van der Waals surface area contributed by atoms with E-state index in [2.05, 4.69) is 25.7 Å². The molecule has 2 aromatic heterocycles. The number of piperidine rings is 1. The normalized spacial score (nSPS) is 18.6. The molecule has 1 atom stereocenters. The minimum atomic E-state index is -0.0303. The highest BCUT2D eigenvalue weighted by Gasteiger charge is 2.21. The second-order valence-electron chi connectivity index (χ2n) is 6.04. The fourth-order valence-corrected chi connectivity index (χ4v) is 2.87. The molecule has 1 fully saturated rings. The van der Waals surface area contributed by atoms with Gasteiger partial charge in [0.2, 0.25) is 11.8 Å². The quantitative estimate of drug-likeness (QED) is 0.775. The summed E-state index contributed by atoms with van der Waals surface area (Å²) in [5.74, 6) is 2.02. The highest BCUT2D eigenvalue weighted by atomic mass is 16.5. The lowest BCUT2D eigenvalue weighted by Crippen LogP contribution is -2.48. The van der Waals surface area contributed by atoms with Crippen LogP contribution in [0, 0.1) is 6.92 Å². The Morgan fingerprint density at radius 1 is 1.50 bits per heavy atom. The van der Waals surface area contributed by atoms with Crippen molar-refractivity contribution in [2.24, 2.45) is 0 Å². The van der Waals surface area contributed by atoms with Crippen LogP contribution in [0.1, 0.15) is 30.3 Å². The molecule has 1 saturated heterocycles. The molecular formula is C16H23N5O3. The predicted octanol–water partition coefficient (Wildman–Crippen LogP) is 0.841. The zero-order valence-electron chi connectivity index (χ0n) is 13.8. The highest BCUT2D eigenvalue weighted by Crippen LogP contribution is 2.12. The van der Waals surface area contributed by atoms with Gasteiger partial charge in [0.25, 0.3) is 0 Å². The molecule has 24 heavy (non-hydrogen) atoms. The van der Waals surface area contributed by atoms with Gasteiger partial charge in [-0.3, -0.25) is 9.69 Å². The molecular weight excluding hydrogens is 310 g/mol. The lowest BCUT2D eigenvalue weighted by Gasteiger charge is -2.32. The van der Waals surface area contributed by atoms with Gasteiger partial charge in [-0.1, -0.05) is 5.16 Å². The van der Waals surface area contributed by atoms with Crippen molar-refractivity contribution in [3.05, 3.63) is 35.9 Å². The van der Waals surface area contributed by atoms with Gasteiger partial charge in [-0.2, -0.15) is 4.98 Å². The van der Waals surface area contributed by atoms with Crippen LogP contribution in [0.5, 0.6) is 0 Å². The highest BCUT2D eigenvalue weighted by molar-refractivity contribution is 5.77. The van der Waals surface area contributed by atoms with E-state index in [0.717, 1.165) is 31.7 Å². The summed E-state index contributed by atoms with van der Waals surface area (Å²) in [7, 11) is 0. The predicted molar refractivity (Wildman–Crippen MR) is 85.9 cm³/mol. The molecule has 0 radical (unpaired) electrons. The fourth-order valence-electron chi connectivity index (χ4n) is 2.87. The van der Waals surface area contributed by atoms with Gasteiger partial charge in [-0.15, -0.1) is 0 Å². The van der Waals surface area contributed by atoms with E-state index in [-0.39, 0.29) is 5.91 Å². The maximum atomic E-state index is 11.9. The average Bonchev–Trinajstić information content (AvgIpc) is 3.23. The van der Waals surface area contributed by atoms with Crippen molar-refractivity contribution >= 4 is 5.91 Å². The zero-order chi connectivity index (χ0) is 16.8. The molecule has 0 bridgehead atoms. The van der Waals surface area contributed by atoms with Crippen LogP contribution in [0.15, 0.2) is 27.3 Å². The lowest BCUT2D eigenvalue weighted by molar-refractivity contribution is -0.120. The summed E-state index contributed by atoms with van der Waals surface area (Å²) in [5.41, 5.74) is 0. The summed E-state index contributed by atoms with van der Waals surface area (Å²) in [4.78, 5) is 18.4. The van der Waals surface area contributed by atoms with Crippen molar-refractivity contribution < 1.29 is 13.7 Å². The number of nitrogens with zero attached hydrogens (tertiary/aromatic N) is 3. The Morgan fingerprint density at radius 3 is 3.17 bits per heavy atom. The topological polar surface area (TPSA) is 96.4 Å². The van der Waals surface area contributed by atoms with Crippen LogP contribution < -0.4 is 10.6 Å². The molecule has 0 spiro atoms. The van der Waals surface area contributed by atoms with Gasteiger partial charge in [-0.25, -0.2) is 0 Å². The Morgan fingerprint density at radius 2 is 2.42 bits per heavy atom. The lowest BCUT2D eigenvalue weighted by atomic mass is 10.1. The molecule has 3 heterocycles. The van der Waals surface area contributed by atoms with E-state index in [1.165, 1.54) is 0 Å². The van der Waals surface area contributed by atoms with Crippen molar-refractivity contribution in [2.75, 3.05) is 19.6 Å². The summed E-state index contributed by atoms with van der Waals surface area (Å²) in [6.07, 6.45) is 3.75. The van der Waals surface area contributed by atoms with Crippen molar-refractivity contribution in [1.29, 1.82) is 0 Å². The molecule has 0 saturated carbocycles. The van der Waals surface area contributed by atoms with Crippen molar-refractivity contribution in [1.82, 2.24) is 25.7 Å². The Bertz CT molecular complexity index is 640. The number of hydrogen-bond acceptors (Lipinski definition) is 7. The Labute approximate surface area is 140 Å². The third-order valence-corrected chi connectivity index (χ3v) is 4.03. The molecule has 8 nitrogen and oxygen atoms in total. The monoisotopic (exact) mass is 333 g/mol. The number of furan rings is 1. The van der Waals surface area contributed by atoms with E-state index in [1.807, 2.05) is 12.1 Å². The van der Waals surface area contributed by atoms with Crippen LogP contribution >= 0.6 is 0 Å². The van der Waals surface area contributed by atoms with Gasteiger partial charge in [0.1, 0.15) is 5.76 Å². The maximum Gasteiger partial charge on any atom is 0.234 e. The Kier molecular flexibility index (Phi) is 5.60. The molecule has 2 N–H and O–H groups in total. The fraction of sp³-hybridized carbons (Fsp3) is 0.562. The number of rotatable bonds is 7. The second-order valence-corrected chi connectivity index (χ2v) is 6.04. The number of aryl methyl sites for hydroxylation is 1. The largest absolute Gasteiger partial charge is 0.467 e. The minimum Gasteiger partial charge on any atom is -0.467 e. The number of hydrogen-bond donors (Lipinski definition) is 2. The van der Waals surface area contributed by atoms with Gasteiger partial charge in [-0.05, 0) is 31.5 Å². The summed E-state index contributed by atoms with van der Waals surface area (Å²) < 4.78 is 10.2. The van der Waals surface area contributed by atoms with Crippen molar-refractivity contribution in [3.63, 3.8) is 0 Å². The molecule has 0 aromatic carbocycles. The van der Waals surface area contributed by atoms with Gasteiger partial charge in [0.15, 0.2) is 5.82 Å². The first-order chi connectivity index (χ1) is 11.7. The molecule has 1 unspecified atom stereocenters. The third kappa shape index (κ3) is 4.90. The smallest absolute Gasteiger partial charge is 0.234 e. The number of nitrogens with one attached hydrogen (secondary N) is 2. The Hall–Kier alpha value is -2.19. The molecule has 1 aliphatic rings. The maximum absolute atomic E-state index is 11.9. The standard InChI is InChI=1S/C16H23N5O3/c1-12-19-15(20-24-12)11-21-6-2-4-13(10-21)17-9-16(22)18-8-14-5-3-7-23-14/h3,5,7,13,17H,2,4,6,8-11H2,1H3,(H,18,22). The van der Waals surface area contributed by atoms with Gasteiger partial charge in [0.05, 0.1) is 25.9 Å². The van der Waals surface area contributed by atoms with E-state index < -0.39 is 0 Å². The van der Waals surface area contributed by atoms with Gasteiger partial charge < -0.3 is 19.6 Å². The minimum absolute atomic E-state index is 0.0303. The summed E-state index contributed by atoms with van der Waals surface area (Å²) in [6.45, 7) is 5.08. The summed E-state index contributed by atoms with van der Waals surface area (Å²) >= 11 is 0. The van der Waals surface area contributed by atoms with E-state index in [4.69, 9.17) is 8.94 Å². The van der Waals surface area contributed by atoms with Crippen LogP contribution in [0.25, 0.3) is 0 Å². The first kappa shape index (κ1) is 16.7. The van der Waals surface area contributed by atoms with E-state index in [1.54, 1.807) is 13.2 Å². The Balaban J connectivity index is 1.37. The van der Waals surface area contributed by atoms with E-state index in [0.29, 0.717) is 37.4 Å². The van der Waals surface area contributed by atoms with Gasteiger partial charge in [0, 0.05) is 19.5 Å². The number of carbonyl (C=O) groups excluding carboxylic acids is 1. The summed E-state index contributed by atoms with van der Waals surface area (Å²) in [6, 6.07) is 3.94. The van der Waals surface area contributed by atoms with Gasteiger partial charge >= 0.3 is 0 Å². The zero-order valence-corrected chi connectivity index (χ0v) is 13.8. The second kappa shape index (κ2) is 8.07. The molecule has 3 rings (SSSR count). The molecule has 1 amide bonds. The first-order valence-electron chi connectivity index (χ1n) is 8.23. The number of aromatic nitrogens is 2. The van der Waals surface area contributed by atoms with Crippen LogP contribution in [-0.4, -0.2) is 46.6 Å². The SMILES string of the molecule is Cc1nc(CN2CCCC(NCC(=O)NCc3ccco3)C2)no1. The van der Waals surface area contributed by atoms with E-state index >= 15 is 0 Å². The molecule has 2 aromatic rings. The van der Waals surface area contributed by atoms with Crippen molar-refractivity contribution in [2.45, 2.75) is 38.9 Å². The molecule has 130 valence electrons. The molecule has 0 aliphatic carbocycles. The first-order valence-corrected chi connectivity index (χ1v) is 8.23. The van der Waals surface area contributed by atoms with Crippen molar-refractivity contribution in [3.8, 4) is 0 Å². The number of likely N-dealkylation sites (tertiary alicyclic amines) is 1. The van der Waals surface area contributed by atoms with E-state index in [9.17, 15) is 4.79 Å². The van der Waals surface area contributed by atoms with Crippen LogP contribution in [0.2, 0.25) is 0 Å².